The molecule has 0 atom stereocenters. The quantitative estimate of drug-likeness (QED) is 0.483. The lowest BCUT2D eigenvalue weighted by atomic mass is 10.1. The lowest BCUT2D eigenvalue weighted by molar-refractivity contribution is 0.0600. The van der Waals surface area contributed by atoms with Gasteiger partial charge in [0, 0.05) is 0 Å². The highest BCUT2D eigenvalue weighted by atomic mass is 28.4. The van der Waals surface area contributed by atoms with Gasteiger partial charge in [-0.15, -0.1) is 0 Å². The van der Waals surface area contributed by atoms with Gasteiger partial charge >= 0.3 is 5.97 Å². The number of aldehydes is 1. The van der Waals surface area contributed by atoms with Crippen LogP contribution in [0.25, 0.3) is 0 Å². The summed E-state index contributed by atoms with van der Waals surface area (Å²) in [4.78, 5) is 22.7. The highest BCUT2D eigenvalue weighted by molar-refractivity contribution is 6.74. The third kappa shape index (κ3) is 3.48. The van der Waals surface area contributed by atoms with Crippen molar-refractivity contribution >= 4 is 20.6 Å². The minimum absolute atomic E-state index is 0.00836. The van der Waals surface area contributed by atoms with Crippen molar-refractivity contribution in [3.8, 4) is 5.75 Å². The first-order valence-electron chi connectivity index (χ1n) is 6.49. The molecule has 0 radical (unpaired) electrons. The molecule has 0 saturated carbocycles. The Morgan fingerprint density at radius 3 is 2.30 bits per heavy atom. The number of carbonyl (C=O) groups excluding carboxylic acids is 2. The number of hydrogen-bond donors (Lipinski definition) is 0. The van der Waals surface area contributed by atoms with E-state index in [1.54, 1.807) is 18.2 Å². The fourth-order valence-electron chi connectivity index (χ4n) is 1.39. The maximum Gasteiger partial charge on any atom is 0.337 e. The van der Waals surface area contributed by atoms with Crippen LogP contribution in [0.5, 0.6) is 5.75 Å². The molecule has 0 aliphatic carbocycles. The van der Waals surface area contributed by atoms with Crippen LogP contribution in [-0.2, 0) is 4.74 Å². The van der Waals surface area contributed by atoms with E-state index in [-0.39, 0.29) is 5.04 Å². The fourth-order valence-corrected chi connectivity index (χ4v) is 2.43. The van der Waals surface area contributed by atoms with Crippen LogP contribution in [-0.4, -0.2) is 27.7 Å². The Bertz CT molecular complexity index is 515. The van der Waals surface area contributed by atoms with Gasteiger partial charge in [0.05, 0.1) is 18.2 Å². The Morgan fingerprint density at radius 1 is 1.25 bits per heavy atom. The summed E-state index contributed by atoms with van der Waals surface area (Å²) in [6, 6.07) is 4.73. The van der Waals surface area contributed by atoms with Crippen molar-refractivity contribution in [2.24, 2.45) is 0 Å². The van der Waals surface area contributed by atoms with Gasteiger partial charge in [0.15, 0.2) is 6.29 Å². The molecular weight excluding hydrogens is 272 g/mol. The monoisotopic (exact) mass is 294 g/mol. The molecule has 0 N–H and O–H groups in total. The molecule has 0 bridgehead atoms. The zero-order valence-electron chi connectivity index (χ0n) is 12.9. The van der Waals surface area contributed by atoms with Gasteiger partial charge in [0.1, 0.15) is 5.75 Å². The van der Waals surface area contributed by atoms with Crippen LogP contribution in [0.4, 0.5) is 0 Å². The van der Waals surface area contributed by atoms with Gasteiger partial charge in [-0.3, -0.25) is 4.79 Å². The summed E-state index contributed by atoms with van der Waals surface area (Å²) in [7, 11) is -0.749. The smallest absolute Gasteiger partial charge is 0.337 e. The van der Waals surface area contributed by atoms with E-state index in [2.05, 4.69) is 33.9 Å². The van der Waals surface area contributed by atoms with Crippen molar-refractivity contribution in [2.45, 2.75) is 38.9 Å². The van der Waals surface area contributed by atoms with E-state index >= 15 is 0 Å². The molecule has 0 unspecified atom stereocenters. The van der Waals surface area contributed by atoms with Crippen LogP contribution < -0.4 is 4.43 Å². The molecule has 0 fully saturated rings. The minimum Gasteiger partial charge on any atom is -0.543 e. The largest absolute Gasteiger partial charge is 0.543 e. The van der Waals surface area contributed by atoms with Crippen LogP contribution in [0.3, 0.4) is 0 Å². The number of esters is 1. The van der Waals surface area contributed by atoms with Crippen LogP contribution in [0.2, 0.25) is 18.1 Å². The first-order valence-corrected chi connectivity index (χ1v) is 9.40. The molecule has 1 aromatic carbocycles. The zero-order valence-corrected chi connectivity index (χ0v) is 13.9. The van der Waals surface area contributed by atoms with Gasteiger partial charge in [-0.1, -0.05) is 20.8 Å². The number of carbonyl (C=O) groups is 2. The van der Waals surface area contributed by atoms with Crippen LogP contribution >= 0.6 is 0 Å². The Balaban J connectivity index is 3.22. The molecule has 1 rings (SSSR count). The van der Waals surface area contributed by atoms with Gasteiger partial charge in [0.25, 0.3) is 8.32 Å². The SMILES string of the molecule is COC(=O)c1ccc(C=O)c(O[Si](C)(C)C(C)(C)C)c1. The van der Waals surface area contributed by atoms with E-state index < -0.39 is 14.3 Å². The second kappa shape index (κ2) is 5.79. The molecule has 0 saturated heterocycles. The number of ether oxygens (including phenoxy) is 1. The molecule has 1 aromatic rings. The van der Waals surface area contributed by atoms with Crippen LogP contribution in [0, 0.1) is 0 Å². The van der Waals surface area contributed by atoms with Crippen molar-refractivity contribution in [1.29, 1.82) is 0 Å². The third-order valence-corrected chi connectivity index (χ3v) is 8.08. The Hall–Kier alpha value is -1.62. The Labute approximate surface area is 121 Å². The standard InChI is InChI=1S/C15H22O4Si/c1-15(2,3)20(5,6)19-13-9-11(14(17)18-4)7-8-12(13)10-16/h7-10H,1-6H3. The summed E-state index contributed by atoms with van der Waals surface area (Å²) in [5.41, 5.74) is 0.828. The molecule has 0 aliphatic heterocycles. The molecular formula is C15H22O4Si. The first-order chi connectivity index (χ1) is 9.12. The van der Waals surface area contributed by atoms with Crippen LogP contribution in [0.15, 0.2) is 18.2 Å². The summed E-state index contributed by atoms with van der Waals surface area (Å²) in [6.07, 6.45) is 0.740. The average Bonchev–Trinajstić information content (AvgIpc) is 2.36. The lowest BCUT2D eigenvalue weighted by Gasteiger charge is -2.36. The topological polar surface area (TPSA) is 52.6 Å². The van der Waals surface area contributed by atoms with Crippen molar-refractivity contribution in [3.05, 3.63) is 29.3 Å². The van der Waals surface area contributed by atoms with E-state index in [4.69, 9.17) is 9.16 Å². The molecule has 0 heterocycles. The Kier molecular flexibility index (Phi) is 4.75. The van der Waals surface area contributed by atoms with E-state index in [1.165, 1.54) is 7.11 Å². The fraction of sp³-hybridized carbons (Fsp3) is 0.467. The Morgan fingerprint density at radius 2 is 1.85 bits per heavy atom. The van der Waals surface area contributed by atoms with Crippen molar-refractivity contribution < 1.29 is 18.8 Å². The summed E-state index contributed by atoms with van der Waals surface area (Å²) in [5.74, 6) is 0.0111. The predicted molar refractivity (Wildman–Crippen MR) is 81.0 cm³/mol. The molecule has 0 aromatic heterocycles. The number of benzene rings is 1. The number of methoxy groups -OCH3 is 1. The first kappa shape index (κ1) is 16.4. The van der Waals surface area contributed by atoms with Crippen molar-refractivity contribution in [2.75, 3.05) is 7.11 Å². The summed E-state index contributed by atoms with van der Waals surface area (Å²) >= 11 is 0. The summed E-state index contributed by atoms with van der Waals surface area (Å²) < 4.78 is 10.8. The highest BCUT2D eigenvalue weighted by Crippen LogP contribution is 2.38. The molecule has 110 valence electrons. The molecule has 0 aliphatic rings. The van der Waals surface area contributed by atoms with E-state index in [1.807, 2.05) is 0 Å². The van der Waals surface area contributed by atoms with Gasteiger partial charge in [-0.25, -0.2) is 4.79 Å². The maximum atomic E-state index is 11.6. The number of rotatable bonds is 4. The average molecular weight is 294 g/mol. The van der Waals surface area contributed by atoms with Gasteiger partial charge < -0.3 is 9.16 Å². The van der Waals surface area contributed by atoms with E-state index in [0.29, 0.717) is 16.9 Å². The van der Waals surface area contributed by atoms with Gasteiger partial charge in [0.2, 0.25) is 0 Å². The van der Waals surface area contributed by atoms with Gasteiger partial charge in [-0.05, 0) is 36.3 Å². The molecule has 0 spiro atoms. The van der Waals surface area contributed by atoms with E-state index in [0.717, 1.165) is 6.29 Å². The molecule has 20 heavy (non-hydrogen) atoms. The zero-order chi connectivity index (χ0) is 15.6. The van der Waals surface area contributed by atoms with Crippen molar-refractivity contribution in [1.82, 2.24) is 0 Å². The number of hydrogen-bond acceptors (Lipinski definition) is 4. The van der Waals surface area contributed by atoms with E-state index in [9.17, 15) is 9.59 Å². The minimum atomic E-state index is -2.07. The lowest BCUT2D eigenvalue weighted by Crippen LogP contribution is -2.44. The third-order valence-electron chi connectivity index (χ3n) is 3.73. The predicted octanol–water partition coefficient (Wildman–Crippen LogP) is 3.67. The summed E-state index contributed by atoms with van der Waals surface area (Å²) in [5, 5.41) is 0.00836. The maximum absolute atomic E-state index is 11.6. The normalized spacial score (nSPS) is 11.9. The van der Waals surface area contributed by atoms with Gasteiger partial charge in [-0.2, -0.15) is 0 Å². The second-order valence-electron chi connectivity index (χ2n) is 6.22. The summed E-state index contributed by atoms with van der Waals surface area (Å²) in [6.45, 7) is 10.5. The van der Waals surface area contributed by atoms with Crippen LogP contribution in [0.1, 0.15) is 41.5 Å². The van der Waals surface area contributed by atoms with Crippen molar-refractivity contribution in [3.63, 3.8) is 0 Å². The molecule has 4 nitrogen and oxygen atoms in total. The molecule has 5 heteroatoms. The molecule has 0 amide bonds. The second-order valence-corrected chi connectivity index (χ2v) is 10.9. The highest BCUT2D eigenvalue weighted by Gasteiger charge is 2.39.